The van der Waals surface area contributed by atoms with Gasteiger partial charge in [-0.1, -0.05) is 6.92 Å². The first kappa shape index (κ1) is 11.6. The number of nitrogens with zero attached hydrogens (tertiary/aromatic N) is 1. The molecule has 0 spiro atoms. The average molecular weight is 213 g/mol. The predicted molar refractivity (Wildman–Crippen MR) is 61.6 cm³/mol. The molecule has 0 fully saturated rings. The van der Waals surface area contributed by atoms with Gasteiger partial charge in [0.1, 0.15) is 0 Å². The minimum atomic E-state index is 0.503. The molecular formula is C10H19N3S. The highest BCUT2D eigenvalue weighted by Crippen LogP contribution is 2.00. The Balaban J connectivity index is 2.06. The highest BCUT2D eigenvalue weighted by molar-refractivity contribution is 7.07. The number of nitrogens with one attached hydrogen (secondary N) is 2. The van der Waals surface area contributed by atoms with Crippen LogP contribution in [0, 0.1) is 0 Å². The van der Waals surface area contributed by atoms with E-state index in [1.54, 1.807) is 11.3 Å². The molecule has 3 nitrogen and oxygen atoms in total. The molecule has 0 radical (unpaired) electrons. The molecule has 1 aromatic heterocycles. The number of hydrogen-bond donors (Lipinski definition) is 2. The van der Waals surface area contributed by atoms with Crippen LogP contribution in [0.4, 0.5) is 0 Å². The van der Waals surface area contributed by atoms with Gasteiger partial charge in [-0.3, -0.25) is 0 Å². The van der Waals surface area contributed by atoms with Crippen molar-refractivity contribution in [2.45, 2.75) is 32.9 Å². The molecule has 80 valence electrons. The molecule has 0 aromatic carbocycles. The normalized spacial score (nSPS) is 13.0. The predicted octanol–water partition coefficient (Wildman–Crippen LogP) is 1.62. The lowest BCUT2D eigenvalue weighted by atomic mass is 10.3. The third-order valence-electron chi connectivity index (χ3n) is 1.99. The van der Waals surface area contributed by atoms with Crippen LogP contribution in [0.5, 0.6) is 0 Å². The minimum absolute atomic E-state index is 0.503. The van der Waals surface area contributed by atoms with Gasteiger partial charge in [-0.25, -0.2) is 4.98 Å². The number of hydrogen-bond acceptors (Lipinski definition) is 4. The van der Waals surface area contributed by atoms with Crippen molar-refractivity contribution in [3.8, 4) is 0 Å². The Morgan fingerprint density at radius 2 is 2.43 bits per heavy atom. The number of aromatic nitrogens is 1. The van der Waals surface area contributed by atoms with E-state index in [2.05, 4.69) is 34.8 Å². The molecule has 0 saturated carbocycles. The molecule has 0 aliphatic carbocycles. The summed E-state index contributed by atoms with van der Waals surface area (Å²) in [6, 6.07) is 0.503. The lowest BCUT2D eigenvalue weighted by molar-refractivity contribution is 0.498. The van der Waals surface area contributed by atoms with Gasteiger partial charge in [0.25, 0.3) is 0 Å². The first-order chi connectivity index (χ1) is 6.83. The minimum Gasteiger partial charge on any atom is -0.315 e. The molecule has 1 heterocycles. The van der Waals surface area contributed by atoms with Gasteiger partial charge in [0.2, 0.25) is 0 Å². The molecular weight excluding hydrogens is 194 g/mol. The molecule has 1 unspecified atom stereocenters. The van der Waals surface area contributed by atoms with Crippen molar-refractivity contribution in [3.05, 3.63) is 16.6 Å². The fourth-order valence-corrected chi connectivity index (χ4v) is 1.73. The summed E-state index contributed by atoms with van der Waals surface area (Å²) < 4.78 is 0. The summed E-state index contributed by atoms with van der Waals surface area (Å²) in [6.45, 7) is 7.37. The highest BCUT2D eigenvalue weighted by Gasteiger charge is 2.00. The topological polar surface area (TPSA) is 37.0 Å². The van der Waals surface area contributed by atoms with Crippen molar-refractivity contribution in [2.24, 2.45) is 0 Å². The van der Waals surface area contributed by atoms with E-state index in [1.165, 1.54) is 6.42 Å². The maximum atomic E-state index is 4.22. The first-order valence-electron chi connectivity index (χ1n) is 5.14. The summed E-state index contributed by atoms with van der Waals surface area (Å²) >= 11 is 1.65. The zero-order chi connectivity index (χ0) is 10.2. The van der Waals surface area contributed by atoms with Gasteiger partial charge < -0.3 is 10.6 Å². The molecule has 0 aliphatic heterocycles. The first-order valence-corrected chi connectivity index (χ1v) is 6.08. The van der Waals surface area contributed by atoms with Crippen LogP contribution in [-0.2, 0) is 6.54 Å². The van der Waals surface area contributed by atoms with Crippen LogP contribution in [0.1, 0.15) is 26.0 Å². The summed E-state index contributed by atoms with van der Waals surface area (Å²) in [4.78, 5) is 4.22. The lowest BCUT2D eigenvalue weighted by Crippen LogP contribution is -2.36. The third-order valence-corrected chi connectivity index (χ3v) is 2.63. The maximum Gasteiger partial charge on any atom is 0.0795 e. The Labute approximate surface area is 89.9 Å². The molecule has 4 heteroatoms. The van der Waals surface area contributed by atoms with E-state index in [1.807, 2.05) is 5.51 Å². The van der Waals surface area contributed by atoms with E-state index in [4.69, 9.17) is 0 Å². The van der Waals surface area contributed by atoms with Gasteiger partial charge in [-0.05, 0) is 19.9 Å². The summed E-state index contributed by atoms with van der Waals surface area (Å²) in [5, 5.41) is 8.89. The van der Waals surface area contributed by atoms with E-state index in [0.717, 1.165) is 25.3 Å². The van der Waals surface area contributed by atoms with Crippen molar-refractivity contribution >= 4 is 11.3 Å². The molecule has 0 bridgehead atoms. The van der Waals surface area contributed by atoms with Crippen LogP contribution in [0.3, 0.4) is 0 Å². The molecule has 0 saturated heterocycles. The highest BCUT2D eigenvalue weighted by atomic mass is 32.1. The van der Waals surface area contributed by atoms with Crippen LogP contribution >= 0.6 is 11.3 Å². The van der Waals surface area contributed by atoms with E-state index in [-0.39, 0.29) is 0 Å². The Hall–Kier alpha value is -0.450. The van der Waals surface area contributed by atoms with E-state index < -0.39 is 0 Å². The second-order valence-corrected chi connectivity index (χ2v) is 4.18. The molecule has 0 aliphatic rings. The molecule has 14 heavy (non-hydrogen) atoms. The van der Waals surface area contributed by atoms with Gasteiger partial charge in [0.05, 0.1) is 11.2 Å². The molecule has 0 amide bonds. The van der Waals surface area contributed by atoms with Crippen LogP contribution in [0.25, 0.3) is 0 Å². The second kappa shape index (κ2) is 6.92. The fraction of sp³-hybridized carbons (Fsp3) is 0.700. The van der Waals surface area contributed by atoms with Crippen molar-refractivity contribution in [1.82, 2.24) is 15.6 Å². The monoisotopic (exact) mass is 213 g/mol. The van der Waals surface area contributed by atoms with Crippen molar-refractivity contribution < 1.29 is 0 Å². The molecule has 2 N–H and O–H groups in total. The molecule has 1 rings (SSSR count). The largest absolute Gasteiger partial charge is 0.315 e. The summed E-state index contributed by atoms with van der Waals surface area (Å²) in [7, 11) is 0. The van der Waals surface area contributed by atoms with E-state index >= 15 is 0 Å². The van der Waals surface area contributed by atoms with Gasteiger partial charge in [-0.2, -0.15) is 0 Å². The van der Waals surface area contributed by atoms with Crippen LogP contribution in [0.15, 0.2) is 10.9 Å². The third kappa shape index (κ3) is 4.69. The van der Waals surface area contributed by atoms with Gasteiger partial charge in [0, 0.05) is 24.5 Å². The van der Waals surface area contributed by atoms with Crippen LogP contribution in [0.2, 0.25) is 0 Å². The standard InChI is InChI=1S/C10H19N3S/c1-3-4-11-5-9(2)12-6-10-7-14-8-13-10/h7-9,11-12H,3-6H2,1-2H3. The Morgan fingerprint density at radius 1 is 1.57 bits per heavy atom. The number of thiazole rings is 1. The number of rotatable bonds is 7. The van der Waals surface area contributed by atoms with Gasteiger partial charge in [0.15, 0.2) is 0 Å². The zero-order valence-electron chi connectivity index (χ0n) is 8.92. The Kier molecular flexibility index (Phi) is 5.75. The van der Waals surface area contributed by atoms with E-state index in [9.17, 15) is 0 Å². The van der Waals surface area contributed by atoms with Gasteiger partial charge >= 0.3 is 0 Å². The van der Waals surface area contributed by atoms with E-state index in [0.29, 0.717) is 6.04 Å². The van der Waals surface area contributed by atoms with Crippen molar-refractivity contribution in [3.63, 3.8) is 0 Å². The fourth-order valence-electron chi connectivity index (χ4n) is 1.17. The Morgan fingerprint density at radius 3 is 3.07 bits per heavy atom. The maximum absolute atomic E-state index is 4.22. The summed E-state index contributed by atoms with van der Waals surface area (Å²) in [5.41, 5.74) is 3.01. The molecule has 1 aromatic rings. The summed E-state index contributed by atoms with van der Waals surface area (Å²) in [5.74, 6) is 0. The van der Waals surface area contributed by atoms with Crippen molar-refractivity contribution in [2.75, 3.05) is 13.1 Å². The quantitative estimate of drug-likeness (QED) is 0.676. The zero-order valence-corrected chi connectivity index (χ0v) is 9.73. The second-order valence-electron chi connectivity index (χ2n) is 3.47. The molecule has 1 atom stereocenters. The smallest absolute Gasteiger partial charge is 0.0795 e. The van der Waals surface area contributed by atoms with Crippen LogP contribution < -0.4 is 10.6 Å². The van der Waals surface area contributed by atoms with Crippen LogP contribution in [-0.4, -0.2) is 24.1 Å². The lowest BCUT2D eigenvalue weighted by Gasteiger charge is -2.13. The summed E-state index contributed by atoms with van der Waals surface area (Å²) in [6.07, 6.45) is 1.19. The Bertz CT molecular complexity index is 223. The van der Waals surface area contributed by atoms with Gasteiger partial charge in [-0.15, -0.1) is 11.3 Å². The average Bonchev–Trinajstić information content (AvgIpc) is 2.68. The van der Waals surface area contributed by atoms with Crippen molar-refractivity contribution in [1.29, 1.82) is 0 Å². The SMILES string of the molecule is CCCNCC(C)NCc1cscn1.